The quantitative estimate of drug-likeness (QED) is 0.589. The third-order valence-corrected chi connectivity index (χ3v) is 2.51. The van der Waals surface area contributed by atoms with Crippen molar-refractivity contribution in [1.82, 2.24) is 10.6 Å². The van der Waals surface area contributed by atoms with Crippen LogP contribution < -0.4 is 10.6 Å². The van der Waals surface area contributed by atoms with Crippen LogP contribution in [0.5, 0.6) is 0 Å². The fourth-order valence-corrected chi connectivity index (χ4v) is 1.33. The SMILES string of the molecule is CC(C)COCC(O)CNC(=O)NCC1CC1. The average molecular weight is 244 g/mol. The zero-order valence-corrected chi connectivity index (χ0v) is 10.7. The first kappa shape index (κ1) is 14.3. The lowest BCUT2D eigenvalue weighted by molar-refractivity contribution is 0.0273. The highest BCUT2D eigenvalue weighted by Crippen LogP contribution is 2.27. The zero-order valence-electron chi connectivity index (χ0n) is 10.7. The topological polar surface area (TPSA) is 70.6 Å². The lowest BCUT2D eigenvalue weighted by atomic mass is 10.2. The van der Waals surface area contributed by atoms with Crippen molar-refractivity contribution in [2.45, 2.75) is 32.8 Å². The number of aliphatic hydroxyl groups is 1. The minimum atomic E-state index is -0.638. The molecule has 3 N–H and O–H groups in total. The average Bonchev–Trinajstić information content (AvgIpc) is 3.06. The summed E-state index contributed by atoms with van der Waals surface area (Å²) in [7, 11) is 0. The van der Waals surface area contributed by atoms with Gasteiger partial charge in [0.25, 0.3) is 0 Å². The van der Waals surface area contributed by atoms with Gasteiger partial charge in [-0.15, -0.1) is 0 Å². The molecule has 100 valence electrons. The lowest BCUT2D eigenvalue weighted by Crippen LogP contribution is -2.41. The molecule has 1 fully saturated rings. The van der Waals surface area contributed by atoms with Crippen molar-refractivity contribution in [3.63, 3.8) is 0 Å². The Labute approximate surface area is 103 Å². The summed E-state index contributed by atoms with van der Waals surface area (Å²) < 4.78 is 5.28. The predicted octanol–water partition coefficient (Wildman–Crippen LogP) is 0.729. The second-order valence-electron chi connectivity index (χ2n) is 5.12. The van der Waals surface area contributed by atoms with Crippen molar-refractivity contribution in [1.29, 1.82) is 0 Å². The lowest BCUT2D eigenvalue weighted by Gasteiger charge is -2.13. The second-order valence-corrected chi connectivity index (χ2v) is 5.12. The molecule has 0 aromatic carbocycles. The van der Waals surface area contributed by atoms with E-state index in [0.29, 0.717) is 18.4 Å². The van der Waals surface area contributed by atoms with Crippen LogP contribution in [0.4, 0.5) is 4.79 Å². The molecule has 0 aliphatic heterocycles. The molecule has 17 heavy (non-hydrogen) atoms. The molecule has 5 heteroatoms. The Balaban J connectivity index is 1.93. The molecule has 0 aromatic rings. The van der Waals surface area contributed by atoms with E-state index in [1.54, 1.807) is 0 Å². The van der Waals surface area contributed by atoms with Gasteiger partial charge in [0, 0.05) is 19.7 Å². The van der Waals surface area contributed by atoms with Crippen LogP contribution in [0.2, 0.25) is 0 Å². The third kappa shape index (κ3) is 7.99. The van der Waals surface area contributed by atoms with Gasteiger partial charge < -0.3 is 20.5 Å². The number of rotatable bonds is 8. The number of ether oxygens (including phenoxy) is 1. The summed E-state index contributed by atoms with van der Waals surface area (Å²) in [6.45, 7) is 5.97. The smallest absolute Gasteiger partial charge is 0.314 e. The Hall–Kier alpha value is -0.810. The Bertz CT molecular complexity index is 230. The molecule has 0 aromatic heterocycles. The van der Waals surface area contributed by atoms with Crippen LogP contribution in [-0.2, 0) is 4.74 Å². The van der Waals surface area contributed by atoms with Gasteiger partial charge >= 0.3 is 6.03 Å². The van der Waals surface area contributed by atoms with E-state index < -0.39 is 6.10 Å². The first-order chi connectivity index (χ1) is 8.08. The predicted molar refractivity (Wildman–Crippen MR) is 65.8 cm³/mol. The van der Waals surface area contributed by atoms with Crippen LogP contribution in [0.3, 0.4) is 0 Å². The number of carbonyl (C=O) groups excluding carboxylic acids is 1. The van der Waals surface area contributed by atoms with Gasteiger partial charge in [0.1, 0.15) is 0 Å². The van der Waals surface area contributed by atoms with Crippen molar-refractivity contribution in [3.05, 3.63) is 0 Å². The van der Waals surface area contributed by atoms with Crippen molar-refractivity contribution >= 4 is 6.03 Å². The van der Waals surface area contributed by atoms with E-state index >= 15 is 0 Å². The van der Waals surface area contributed by atoms with E-state index in [9.17, 15) is 9.90 Å². The number of hydrogen-bond acceptors (Lipinski definition) is 3. The zero-order chi connectivity index (χ0) is 12.7. The maximum atomic E-state index is 11.3. The van der Waals surface area contributed by atoms with Gasteiger partial charge in [0.2, 0.25) is 0 Å². The minimum Gasteiger partial charge on any atom is -0.389 e. The molecule has 1 aliphatic carbocycles. The monoisotopic (exact) mass is 244 g/mol. The number of nitrogens with one attached hydrogen (secondary N) is 2. The van der Waals surface area contributed by atoms with E-state index in [1.807, 2.05) is 0 Å². The van der Waals surface area contributed by atoms with Crippen LogP contribution >= 0.6 is 0 Å². The molecule has 0 spiro atoms. The molecule has 0 bridgehead atoms. The largest absolute Gasteiger partial charge is 0.389 e. The molecular formula is C12H24N2O3. The standard InChI is InChI=1S/C12H24N2O3/c1-9(2)7-17-8-11(15)6-14-12(16)13-5-10-3-4-10/h9-11,15H,3-8H2,1-2H3,(H2,13,14,16). The summed E-state index contributed by atoms with van der Waals surface area (Å²) in [5.41, 5.74) is 0. The summed E-state index contributed by atoms with van der Waals surface area (Å²) in [4.78, 5) is 11.3. The van der Waals surface area contributed by atoms with Gasteiger partial charge in [-0.05, 0) is 24.7 Å². The molecule has 5 nitrogen and oxygen atoms in total. The number of hydrogen-bond donors (Lipinski definition) is 3. The van der Waals surface area contributed by atoms with Gasteiger partial charge in [-0.3, -0.25) is 0 Å². The Morgan fingerprint density at radius 1 is 1.35 bits per heavy atom. The molecule has 1 atom stereocenters. The molecule has 1 aliphatic rings. The fraction of sp³-hybridized carbons (Fsp3) is 0.917. The number of amides is 2. The summed E-state index contributed by atoms with van der Waals surface area (Å²) in [6, 6.07) is -0.209. The van der Waals surface area contributed by atoms with E-state index in [-0.39, 0.29) is 19.2 Å². The van der Waals surface area contributed by atoms with Crippen LogP contribution in [0, 0.1) is 11.8 Å². The van der Waals surface area contributed by atoms with Gasteiger partial charge in [-0.1, -0.05) is 13.8 Å². The molecule has 0 radical (unpaired) electrons. The Morgan fingerprint density at radius 3 is 2.65 bits per heavy atom. The number of aliphatic hydroxyl groups excluding tert-OH is 1. The first-order valence-electron chi connectivity index (χ1n) is 6.35. The van der Waals surface area contributed by atoms with Gasteiger partial charge in [-0.25, -0.2) is 4.79 Å². The maximum absolute atomic E-state index is 11.3. The summed E-state index contributed by atoms with van der Waals surface area (Å²) in [5.74, 6) is 1.12. The molecule has 1 rings (SSSR count). The molecular weight excluding hydrogens is 220 g/mol. The van der Waals surface area contributed by atoms with Gasteiger partial charge in [0.05, 0.1) is 12.7 Å². The van der Waals surface area contributed by atoms with Crippen LogP contribution in [0.1, 0.15) is 26.7 Å². The summed E-state index contributed by atoms with van der Waals surface area (Å²) in [5, 5.41) is 14.9. The fourth-order valence-electron chi connectivity index (χ4n) is 1.33. The van der Waals surface area contributed by atoms with Gasteiger partial charge in [0.15, 0.2) is 0 Å². The number of carbonyl (C=O) groups is 1. The third-order valence-electron chi connectivity index (χ3n) is 2.51. The molecule has 1 saturated carbocycles. The highest BCUT2D eigenvalue weighted by atomic mass is 16.5. The minimum absolute atomic E-state index is 0.209. The van der Waals surface area contributed by atoms with E-state index in [0.717, 1.165) is 6.54 Å². The van der Waals surface area contributed by atoms with E-state index in [4.69, 9.17) is 4.74 Å². The van der Waals surface area contributed by atoms with Crippen molar-refractivity contribution in [2.24, 2.45) is 11.8 Å². The number of urea groups is 1. The molecule has 1 unspecified atom stereocenters. The highest BCUT2D eigenvalue weighted by Gasteiger charge is 2.21. The van der Waals surface area contributed by atoms with Crippen molar-refractivity contribution in [2.75, 3.05) is 26.3 Å². The van der Waals surface area contributed by atoms with Crippen LogP contribution in [0.15, 0.2) is 0 Å². The highest BCUT2D eigenvalue weighted by molar-refractivity contribution is 5.73. The molecule has 0 saturated heterocycles. The molecule has 2 amide bonds. The van der Waals surface area contributed by atoms with Crippen molar-refractivity contribution < 1.29 is 14.6 Å². The summed E-state index contributed by atoms with van der Waals surface area (Å²) >= 11 is 0. The van der Waals surface area contributed by atoms with Crippen molar-refractivity contribution in [3.8, 4) is 0 Å². The van der Waals surface area contributed by atoms with E-state index in [2.05, 4.69) is 24.5 Å². The van der Waals surface area contributed by atoms with Crippen LogP contribution in [0.25, 0.3) is 0 Å². The normalized spacial score (nSPS) is 16.9. The maximum Gasteiger partial charge on any atom is 0.314 e. The Kier molecular flexibility index (Phi) is 6.29. The molecule has 0 heterocycles. The van der Waals surface area contributed by atoms with Gasteiger partial charge in [-0.2, -0.15) is 0 Å². The van der Waals surface area contributed by atoms with E-state index in [1.165, 1.54) is 12.8 Å². The van der Waals surface area contributed by atoms with Crippen LogP contribution in [-0.4, -0.2) is 43.5 Å². The first-order valence-corrected chi connectivity index (χ1v) is 6.35. The summed E-state index contributed by atoms with van der Waals surface area (Å²) in [6.07, 6.45) is 1.79. The second kappa shape index (κ2) is 7.50. The Morgan fingerprint density at radius 2 is 2.06 bits per heavy atom.